The monoisotopic (exact) mass is 283 g/mol. The molecule has 0 radical (unpaired) electrons. The molecule has 1 aliphatic carbocycles. The number of benzene rings is 1. The summed E-state index contributed by atoms with van der Waals surface area (Å²) in [6.45, 7) is 2.22. The predicted octanol–water partition coefficient (Wildman–Crippen LogP) is 2.68. The van der Waals surface area contributed by atoms with Gasteiger partial charge in [-0.15, -0.1) is 0 Å². The number of nitrogens with two attached hydrogens (primary N) is 1. The fourth-order valence-electron chi connectivity index (χ4n) is 2.62. The SMILES string of the molecule is CCC1CCCC(Oc2ccc(S(N)(=O)=O)cc2)C1. The molecule has 106 valence electrons. The highest BCUT2D eigenvalue weighted by Gasteiger charge is 2.22. The van der Waals surface area contributed by atoms with E-state index in [1.165, 1.54) is 31.4 Å². The van der Waals surface area contributed by atoms with E-state index in [0.29, 0.717) is 5.75 Å². The lowest BCUT2D eigenvalue weighted by Crippen LogP contribution is -2.25. The van der Waals surface area contributed by atoms with E-state index in [0.717, 1.165) is 18.8 Å². The van der Waals surface area contributed by atoms with E-state index in [-0.39, 0.29) is 11.0 Å². The maximum atomic E-state index is 11.2. The normalized spacial score (nSPS) is 24.1. The number of rotatable bonds is 4. The molecule has 0 saturated heterocycles. The molecule has 1 aliphatic rings. The number of primary sulfonamides is 1. The molecule has 2 N–H and O–H groups in total. The predicted molar refractivity (Wildman–Crippen MR) is 74.5 cm³/mol. The summed E-state index contributed by atoms with van der Waals surface area (Å²) in [4.78, 5) is 0.120. The van der Waals surface area contributed by atoms with Crippen molar-refractivity contribution in [3.8, 4) is 5.75 Å². The number of hydrogen-bond donors (Lipinski definition) is 1. The lowest BCUT2D eigenvalue weighted by atomic mass is 9.85. The first-order valence-corrected chi connectivity index (χ1v) is 8.33. The van der Waals surface area contributed by atoms with Crippen LogP contribution in [0.5, 0.6) is 5.75 Å². The molecule has 2 rings (SSSR count). The Morgan fingerprint density at radius 2 is 1.95 bits per heavy atom. The first-order chi connectivity index (χ1) is 8.99. The zero-order chi connectivity index (χ0) is 13.9. The van der Waals surface area contributed by atoms with Crippen LogP contribution in [0, 0.1) is 5.92 Å². The molecule has 1 saturated carbocycles. The third-order valence-electron chi connectivity index (χ3n) is 3.77. The average Bonchev–Trinajstić information content (AvgIpc) is 2.38. The summed E-state index contributed by atoms with van der Waals surface area (Å²) in [5.74, 6) is 1.47. The van der Waals surface area contributed by atoms with E-state index in [9.17, 15) is 8.42 Å². The molecule has 2 atom stereocenters. The van der Waals surface area contributed by atoms with Crippen LogP contribution in [0.2, 0.25) is 0 Å². The van der Waals surface area contributed by atoms with E-state index in [4.69, 9.17) is 9.88 Å². The van der Waals surface area contributed by atoms with E-state index in [1.54, 1.807) is 12.1 Å². The molecule has 0 aliphatic heterocycles. The Kier molecular flexibility index (Phi) is 4.47. The van der Waals surface area contributed by atoms with Crippen molar-refractivity contribution in [2.24, 2.45) is 11.1 Å². The summed E-state index contributed by atoms with van der Waals surface area (Å²) < 4.78 is 28.2. The lowest BCUT2D eigenvalue weighted by Gasteiger charge is -2.29. The Bertz CT molecular complexity index is 510. The average molecular weight is 283 g/mol. The summed E-state index contributed by atoms with van der Waals surface area (Å²) in [5.41, 5.74) is 0. The smallest absolute Gasteiger partial charge is 0.238 e. The highest BCUT2D eigenvalue weighted by Crippen LogP contribution is 2.29. The van der Waals surface area contributed by atoms with Gasteiger partial charge in [-0.3, -0.25) is 0 Å². The minimum Gasteiger partial charge on any atom is -0.490 e. The van der Waals surface area contributed by atoms with Crippen molar-refractivity contribution in [2.45, 2.75) is 50.0 Å². The molecule has 1 aromatic rings. The molecular formula is C14H21NO3S. The zero-order valence-corrected chi connectivity index (χ0v) is 12.0. The van der Waals surface area contributed by atoms with Gasteiger partial charge in [-0.25, -0.2) is 13.6 Å². The van der Waals surface area contributed by atoms with Crippen LogP contribution in [-0.2, 0) is 10.0 Å². The van der Waals surface area contributed by atoms with Gasteiger partial charge in [-0.2, -0.15) is 0 Å². The highest BCUT2D eigenvalue weighted by molar-refractivity contribution is 7.89. The van der Waals surface area contributed by atoms with Gasteiger partial charge in [-0.05, 0) is 49.4 Å². The summed E-state index contributed by atoms with van der Waals surface area (Å²) in [7, 11) is -3.62. The summed E-state index contributed by atoms with van der Waals surface area (Å²) in [6, 6.07) is 6.33. The lowest BCUT2D eigenvalue weighted by molar-refractivity contribution is 0.122. The minimum absolute atomic E-state index is 0.120. The van der Waals surface area contributed by atoms with Gasteiger partial charge in [0.15, 0.2) is 0 Å². The van der Waals surface area contributed by atoms with Crippen LogP contribution in [0.3, 0.4) is 0 Å². The number of ether oxygens (including phenoxy) is 1. The van der Waals surface area contributed by atoms with Crippen molar-refractivity contribution in [1.82, 2.24) is 0 Å². The van der Waals surface area contributed by atoms with E-state index in [1.807, 2.05) is 0 Å². The van der Waals surface area contributed by atoms with Gasteiger partial charge >= 0.3 is 0 Å². The van der Waals surface area contributed by atoms with Gasteiger partial charge in [0.2, 0.25) is 10.0 Å². The minimum atomic E-state index is -3.62. The van der Waals surface area contributed by atoms with Crippen LogP contribution in [0.1, 0.15) is 39.0 Å². The van der Waals surface area contributed by atoms with Crippen LogP contribution < -0.4 is 9.88 Å². The van der Waals surface area contributed by atoms with Gasteiger partial charge in [0.1, 0.15) is 5.75 Å². The van der Waals surface area contributed by atoms with Crippen molar-refractivity contribution in [3.63, 3.8) is 0 Å². The van der Waals surface area contributed by atoms with E-state index < -0.39 is 10.0 Å². The Labute approximate surface area is 115 Å². The zero-order valence-electron chi connectivity index (χ0n) is 11.2. The van der Waals surface area contributed by atoms with Gasteiger partial charge in [0.25, 0.3) is 0 Å². The maximum Gasteiger partial charge on any atom is 0.238 e. The summed E-state index contributed by atoms with van der Waals surface area (Å²) in [5, 5.41) is 5.06. The second-order valence-corrected chi connectivity index (χ2v) is 6.76. The molecule has 19 heavy (non-hydrogen) atoms. The standard InChI is InChI=1S/C14H21NO3S/c1-2-11-4-3-5-13(10-11)18-12-6-8-14(9-7-12)19(15,16)17/h6-9,11,13H,2-5,10H2,1H3,(H2,15,16,17). The second-order valence-electron chi connectivity index (χ2n) is 5.20. The van der Waals surface area contributed by atoms with Crippen LogP contribution in [0.15, 0.2) is 29.2 Å². The van der Waals surface area contributed by atoms with Crippen molar-refractivity contribution in [3.05, 3.63) is 24.3 Å². The molecule has 0 bridgehead atoms. The van der Waals surface area contributed by atoms with Crippen LogP contribution in [0.4, 0.5) is 0 Å². The van der Waals surface area contributed by atoms with Crippen LogP contribution >= 0.6 is 0 Å². The largest absolute Gasteiger partial charge is 0.490 e. The Hall–Kier alpha value is -1.07. The highest BCUT2D eigenvalue weighted by atomic mass is 32.2. The summed E-state index contributed by atoms with van der Waals surface area (Å²) in [6.07, 6.45) is 6.11. The van der Waals surface area contributed by atoms with Crippen molar-refractivity contribution in [2.75, 3.05) is 0 Å². The molecule has 1 fully saturated rings. The van der Waals surface area contributed by atoms with Gasteiger partial charge in [0.05, 0.1) is 11.0 Å². The number of hydrogen-bond acceptors (Lipinski definition) is 3. The van der Waals surface area contributed by atoms with Crippen LogP contribution in [0.25, 0.3) is 0 Å². The molecule has 0 aromatic heterocycles. The second kappa shape index (κ2) is 5.92. The van der Waals surface area contributed by atoms with Gasteiger partial charge < -0.3 is 4.74 Å². The van der Waals surface area contributed by atoms with Gasteiger partial charge in [-0.1, -0.05) is 19.8 Å². The molecule has 1 aromatic carbocycles. The van der Waals surface area contributed by atoms with Crippen molar-refractivity contribution >= 4 is 10.0 Å². The molecule has 0 spiro atoms. The molecule has 0 heterocycles. The quantitative estimate of drug-likeness (QED) is 0.923. The third kappa shape index (κ3) is 3.94. The molecule has 0 amide bonds. The summed E-state index contributed by atoms with van der Waals surface area (Å²) >= 11 is 0. The first-order valence-electron chi connectivity index (χ1n) is 6.78. The molecule has 2 unspecified atom stereocenters. The Balaban J connectivity index is 2.00. The van der Waals surface area contributed by atoms with E-state index >= 15 is 0 Å². The molecular weight excluding hydrogens is 262 g/mol. The fourth-order valence-corrected chi connectivity index (χ4v) is 3.14. The van der Waals surface area contributed by atoms with Crippen molar-refractivity contribution in [1.29, 1.82) is 0 Å². The van der Waals surface area contributed by atoms with Crippen molar-refractivity contribution < 1.29 is 13.2 Å². The Morgan fingerprint density at radius 3 is 2.53 bits per heavy atom. The topological polar surface area (TPSA) is 69.4 Å². The fraction of sp³-hybridized carbons (Fsp3) is 0.571. The molecule has 4 nitrogen and oxygen atoms in total. The molecule has 5 heteroatoms. The van der Waals surface area contributed by atoms with Gasteiger partial charge in [0, 0.05) is 0 Å². The first kappa shape index (κ1) is 14.3. The number of sulfonamides is 1. The van der Waals surface area contributed by atoms with Crippen LogP contribution in [-0.4, -0.2) is 14.5 Å². The maximum absolute atomic E-state index is 11.2. The Morgan fingerprint density at radius 1 is 1.26 bits per heavy atom. The van der Waals surface area contributed by atoms with E-state index in [2.05, 4.69) is 6.92 Å². The third-order valence-corrected chi connectivity index (χ3v) is 4.70.